The highest BCUT2D eigenvalue weighted by Crippen LogP contribution is 2.46. The maximum absolute atomic E-state index is 12.3. The van der Waals surface area contributed by atoms with E-state index in [-0.39, 0.29) is 0 Å². The first kappa shape index (κ1) is 17.2. The molecule has 0 saturated heterocycles. The molecule has 0 spiro atoms. The molecule has 0 radical (unpaired) electrons. The van der Waals surface area contributed by atoms with Crippen LogP contribution in [0.2, 0.25) is 0 Å². The number of aliphatic hydroxyl groups is 1. The second-order valence-electron chi connectivity index (χ2n) is 6.64. The number of benzene rings is 1. The predicted molar refractivity (Wildman–Crippen MR) is 91.5 cm³/mol. The number of fused-ring (bicyclic) bond motifs is 3. The lowest BCUT2D eigenvalue weighted by molar-refractivity contribution is -0.155. The van der Waals surface area contributed by atoms with Crippen molar-refractivity contribution in [2.24, 2.45) is 0 Å². The van der Waals surface area contributed by atoms with Crippen LogP contribution in [0.15, 0.2) is 45.1 Å². The van der Waals surface area contributed by atoms with Crippen LogP contribution < -0.4 is 10.4 Å². The van der Waals surface area contributed by atoms with Crippen LogP contribution in [0.3, 0.4) is 0 Å². The van der Waals surface area contributed by atoms with Gasteiger partial charge in [-0.25, -0.2) is 9.59 Å². The standard InChI is InChI=1S/C19H20O6/c1-5-10(2)18(21)25-16-14-12(23-17(16)19(3,4)22)8-6-11-7-9-13(20)24-15(11)14/h5-9,16-17,22H,1-4H3/b10-5+. The molecule has 1 aromatic carbocycles. The highest BCUT2D eigenvalue weighted by molar-refractivity contribution is 5.89. The van der Waals surface area contributed by atoms with E-state index < -0.39 is 29.4 Å². The van der Waals surface area contributed by atoms with E-state index in [9.17, 15) is 14.7 Å². The summed E-state index contributed by atoms with van der Waals surface area (Å²) < 4.78 is 16.8. The molecule has 6 nitrogen and oxygen atoms in total. The molecule has 1 aliphatic rings. The Hall–Kier alpha value is -2.60. The van der Waals surface area contributed by atoms with E-state index in [4.69, 9.17) is 13.9 Å². The normalized spacial score (nSPS) is 20.3. The lowest BCUT2D eigenvalue weighted by atomic mass is 9.93. The third kappa shape index (κ3) is 3.05. The third-order valence-electron chi connectivity index (χ3n) is 4.29. The third-order valence-corrected chi connectivity index (χ3v) is 4.29. The van der Waals surface area contributed by atoms with Gasteiger partial charge in [-0.15, -0.1) is 0 Å². The molecule has 25 heavy (non-hydrogen) atoms. The number of ether oxygens (including phenoxy) is 2. The minimum atomic E-state index is -1.28. The van der Waals surface area contributed by atoms with Crippen LogP contribution in [0.25, 0.3) is 11.0 Å². The molecule has 0 aliphatic carbocycles. The van der Waals surface area contributed by atoms with Crippen molar-refractivity contribution in [1.29, 1.82) is 0 Å². The van der Waals surface area contributed by atoms with Gasteiger partial charge < -0.3 is 19.0 Å². The number of hydrogen-bond acceptors (Lipinski definition) is 6. The smallest absolute Gasteiger partial charge is 0.336 e. The number of hydrogen-bond donors (Lipinski definition) is 1. The highest BCUT2D eigenvalue weighted by atomic mass is 16.6. The van der Waals surface area contributed by atoms with Crippen LogP contribution in [-0.2, 0) is 9.53 Å². The van der Waals surface area contributed by atoms with Crippen molar-refractivity contribution in [3.8, 4) is 5.75 Å². The monoisotopic (exact) mass is 344 g/mol. The SMILES string of the molecule is C/C=C(\C)C(=O)OC1c2c(ccc3ccc(=O)oc23)OC1C(C)(C)O. The molecule has 3 rings (SSSR count). The Morgan fingerprint density at radius 1 is 1.28 bits per heavy atom. The maximum atomic E-state index is 12.3. The van der Waals surface area contributed by atoms with Crippen molar-refractivity contribution in [2.45, 2.75) is 45.5 Å². The van der Waals surface area contributed by atoms with Crippen molar-refractivity contribution in [3.05, 3.63) is 51.9 Å². The second-order valence-corrected chi connectivity index (χ2v) is 6.64. The molecule has 6 heteroatoms. The fourth-order valence-corrected chi connectivity index (χ4v) is 2.82. The zero-order valence-corrected chi connectivity index (χ0v) is 14.5. The van der Waals surface area contributed by atoms with E-state index in [0.717, 1.165) is 0 Å². The van der Waals surface area contributed by atoms with Crippen LogP contribution >= 0.6 is 0 Å². The summed E-state index contributed by atoms with van der Waals surface area (Å²) in [5.41, 5.74) is -0.603. The van der Waals surface area contributed by atoms with Crippen molar-refractivity contribution in [3.63, 3.8) is 0 Å². The van der Waals surface area contributed by atoms with E-state index >= 15 is 0 Å². The van der Waals surface area contributed by atoms with E-state index in [1.165, 1.54) is 6.07 Å². The highest BCUT2D eigenvalue weighted by Gasteiger charge is 2.47. The summed E-state index contributed by atoms with van der Waals surface area (Å²) in [6.07, 6.45) is -0.0830. The molecule has 0 bridgehead atoms. The Labute approximate surface area is 144 Å². The lowest BCUT2D eigenvalue weighted by Crippen LogP contribution is -2.43. The average molecular weight is 344 g/mol. The number of carbonyl (C=O) groups excluding carboxylic acids is 1. The first-order valence-electron chi connectivity index (χ1n) is 8.02. The molecule has 0 saturated carbocycles. The van der Waals surface area contributed by atoms with Crippen LogP contribution in [0.1, 0.15) is 39.4 Å². The Kier molecular flexibility index (Phi) is 4.16. The van der Waals surface area contributed by atoms with Gasteiger partial charge in [-0.1, -0.05) is 6.08 Å². The summed E-state index contributed by atoms with van der Waals surface area (Å²) in [5.74, 6) is -0.0987. The first-order valence-corrected chi connectivity index (χ1v) is 8.02. The van der Waals surface area contributed by atoms with Crippen molar-refractivity contribution in [2.75, 3.05) is 0 Å². The van der Waals surface area contributed by atoms with E-state index in [1.807, 2.05) is 0 Å². The van der Waals surface area contributed by atoms with E-state index in [0.29, 0.717) is 27.9 Å². The molecule has 0 fully saturated rings. The van der Waals surface area contributed by atoms with Gasteiger partial charge >= 0.3 is 11.6 Å². The lowest BCUT2D eigenvalue weighted by Gasteiger charge is -2.29. The van der Waals surface area contributed by atoms with Crippen LogP contribution in [0.5, 0.6) is 5.75 Å². The van der Waals surface area contributed by atoms with Gasteiger partial charge in [0.15, 0.2) is 12.2 Å². The van der Waals surface area contributed by atoms with Gasteiger partial charge in [0.1, 0.15) is 11.3 Å². The minimum Gasteiger partial charge on any atom is -0.483 e. The van der Waals surface area contributed by atoms with Crippen LogP contribution in [0, 0.1) is 0 Å². The molecular formula is C19H20O6. The molecule has 2 atom stereocenters. The second kappa shape index (κ2) is 6.04. The summed E-state index contributed by atoms with van der Waals surface area (Å²) in [7, 11) is 0. The Bertz CT molecular complexity index is 916. The van der Waals surface area contributed by atoms with Gasteiger partial charge in [-0.3, -0.25) is 0 Å². The van der Waals surface area contributed by atoms with Gasteiger partial charge in [0.2, 0.25) is 0 Å². The van der Waals surface area contributed by atoms with Gasteiger partial charge in [0.05, 0.1) is 11.2 Å². The summed E-state index contributed by atoms with van der Waals surface area (Å²) in [6.45, 7) is 6.52. The summed E-state index contributed by atoms with van der Waals surface area (Å²) in [6, 6.07) is 6.42. The molecular weight excluding hydrogens is 324 g/mol. The molecule has 2 unspecified atom stereocenters. The minimum absolute atomic E-state index is 0.299. The van der Waals surface area contributed by atoms with Gasteiger partial charge in [0, 0.05) is 17.0 Å². The molecule has 2 heterocycles. The molecule has 0 amide bonds. The Balaban J connectivity index is 2.17. The maximum Gasteiger partial charge on any atom is 0.336 e. The van der Waals surface area contributed by atoms with Crippen LogP contribution in [-0.4, -0.2) is 22.8 Å². The Morgan fingerprint density at radius 2 is 1.96 bits per heavy atom. The summed E-state index contributed by atoms with van der Waals surface area (Å²) in [5, 5.41) is 11.2. The van der Waals surface area contributed by atoms with Crippen molar-refractivity contribution >= 4 is 16.9 Å². The molecule has 2 aromatic rings. The predicted octanol–water partition coefficient (Wildman–Crippen LogP) is 2.88. The first-order chi connectivity index (χ1) is 11.7. The fraction of sp³-hybridized carbons (Fsp3) is 0.368. The van der Waals surface area contributed by atoms with Crippen molar-refractivity contribution in [1.82, 2.24) is 0 Å². The zero-order valence-electron chi connectivity index (χ0n) is 14.5. The Morgan fingerprint density at radius 3 is 2.60 bits per heavy atom. The summed E-state index contributed by atoms with van der Waals surface area (Å²) in [4.78, 5) is 24.0. The van der Waals surface area contributed by atoms with Gasteiger partial charge in [-0.05, 0) is 45.9 Å². The quantitative estimate of drug-likeness (QED) is 0.523. The van der Waals surface area contributed by atoms with Gasteiger partial charge in [0.25, 0.3) is 0 Å². The van der Waals surface area contributed by atoms with E-state index in [2.05, 4.69) is 0 Å². The number of allylic oxidation sites excluding steroid dienone is 1. The number of rotatable bonds is 3. The number of carbonyl (C=O) groups is 1. The van der Waals surface area contributed by atoms with E-state index in [1.54, 1.807) is 52.0 Å². The molecule has 1 N–H and O–H groups in total. The number of esters is 1. The van der Waals surface area contributed by atoms with Crippen LogP contribution in [0.4, 0.5) is 0 Å². The summed E-state index contributed by atoms with van der Waals surface area (Å²) >= 11 is 0. The molecule has 132 valence electrons. The molecule has 1 aromatic heterocycles. The zero-order chi connectivity index (χ0) is 18.4. The van der Waals surface area contributed by atoms with Gasteiger partial charge in [-0.2, -0.15) is 0 Å². The average Bonchev–Trinajstić information content (AvgIpc) is 2.93. The fourth-order valence-electron chi connectivity index (χ4n) is 2.82. The topological polar surface area (TPSA) is 86.0 Å². The van der Waals surface area contributed by atoms with Crippen molar-refractivity contribution < 1.29 is 23.8 Å². The largest absolute Gasteiger partial charge is 0.483 e. The molecule has 1 aliphatic heterocycles.